The maximum absolute atomic E-state index is 10.6. The van der Waals surface area contributed by atoms with Gasteiger partial charge in [0.05, 0.1) is 18.2 Å². The topological polar surface area (TPSA) is 120 Å². The normalized spacial score (nSPS) is 26.3. The van der Waals surface area contributed by atoms with E-state index in [-0.39, 0.29) is 11.6 Å². The second-order valence-corrected chi connectivity index (χ2v) is 12.8. The fourth-order valence-electron chi connectivity index (χ4n) is 2.13. The fourth-order valence-corrected chi connectivity index (χ4v) is 3.15. The number of rotatable bonds is 6. The average Bonchev–Trinajstić information content (AvgIpc) is 2.76. The summed E-state index contributed by atoms with van der Waals surface area (Å²) in [4.78, 5) is 2.80. The van der Waals surface area contributed by atoms with Crippen LogP contribution >= 0.6 is 0 Å². The van der Waals surface area contributed by atoms with Crippen molar-refractivity contribution >= 4 is 8.32 Å². The van der Waals surface area contributed by atoms with Crippen molar-refractivity contribution in [1.29, 1.82) is 5.26 Å². The van der Waals surface area contributed by atoms with Crippen LogP contribution in [0.1, 0.15) is 34.6 Å². The molecular weight excluding hydrogens is 328 g/mol. The molecule has 1 fully saturated rings. The van der Waals surface area contributed by atoms with Gasteiger partial charge in [0.1, 0.15) is 6.10 Å². The lowest BCUT2D eigenvalue weighted by Crippen LogP contribution is -2.48. The van der Waals surface area contributed by atoms with Gasteiger partial charge in [0.15, 0.2) is 20.2 Å². The fraction of sp³-hybridized carbons (Fsp3) is 0.933. The molecule has 1 rings (SSSR count). The van der Waals surface area contributed by atoms with E-state index in [1.807, 2.05) is 6.07 Å². The van der Waals surface area contributed by atoms with E-state index in [9.17, 15) is 10.4 Å². The van der Waals surface area contributed by atoms with E-state index in [1.165, 1.54) is 0 Å². The van der Waals surface area contributed by atoms with Crippen LogP contribution in [-0.2, 0) is 13.9 Å². The molecular formula is C15H28N4O4Si. The largest absolute Gasteiger partial charge is 0.416 e. The average molecular weight is 356 g/mol. The smallest absolute Gasteiger partial charge is 0.191 e. The van der Waals surface area contributed by atoms with E-state index in [4.69, 9.17) is 19.4 Å². The highest BCUT2D eigenvalue weighted by molar-refractivity contribution is 6.74. The van der Waals surface area contributed by atoms with Crippen molar-refractivity contribution in [2.45, 2.75) is 82.9 Å². The molecule has 4 atom stereocenters. The van der Waals surface area contributed by atoms with Crippen molar-refractivity contribution in [2.75, 3.05) is 6.61 Å². The highest BCUT2D eigenvalue weighted by atomic mass is 28.4. The Morgan fingerprint density at radius 2 is 2.00 bits per heavy atom. The van der Waals surface area contributed by atoms with Gasteiger partial charge in [-0.05, 0) is 37.5 Å². The lowest BCUT2D eigenvalue weighted by molar-refractivity contribution is -0.155. The van der Waals surface area contributed by atoms with Crippen molar-refractivity contribution < 1.29 is 19.0 Å². The van der Waals surface area contributed by atoms with E-state index in [1.54, 1.807) is 13.8 Å². The predicted molar refractivity (Wildman–Crippen MR) is 91.5 cm³/mol. The number of azide groups is 1. The van der Waals surface area contributed by atoms with Gasteiger partial charge in [-0.3, -0.25) is 0 Å². The number of hydrogen-bond acceptors (Lipinski definition) is 6. The Labute approximate surface area is 144 Å². The molecule has 9 heteroatoms. The van der Waals surface area contributed by atoms with Crippen molar-refractivity contribution in [3.8, 4) is 6.07 Å². The van der Waals surface area contributed by atoms with Crippen LogP contribution in [0.4, 0.5) is 0 Å². The third-order valence-corrected chi connectivity index (χ3v) is 9.11. The monoisotopic (exact) mass is 356 g/mol. The third kappa shape index (κ3) is 4.93. The molecule has 1 aliphatic heterocycles. The van der Waals surface area contributed by atoms with Gasteiger partial charge >= 0.3 is 0 Å². The lowest BCUT2D eigenvalue weighted by Gasteiger charge is -2.37. The molecule has 0 saturated carbocycles. The molecule has 0 aromatic carbocycles. The Morgan fingerprint density at radius 3 is 2.46 bits per heavy atom. The zero-order valence-electron chi connectivity index (χ0n) is 15.5. The number of nitrogens with zero attached hydrogens (tertiary/aromatic N) is 4. The maximum atomic E-state index is 10.6. The number of aliphatic hydroxyl groups is 1. The summed E-state index contributed by atoms with van der Waals surface area (Å²) >= 11 is 0. The molecule has 1 saturated heterocycles. The Hall–Kier alpha value is -1.14. The standard InChI is InChI=1S/C15H28N4O4Si/c1-14(2,3)24(6,7)21-9-10(18-19-17)12(20)13-11(8-16)22-15(4,5)23-13/h10-13,20H,9H2,1-7H3/t10-,11-,12-,13-/m1/s1. The van der Waals surface area contributed by atoms with E-state index in [0.29, 0.717) is 0 Å². The van der Waals surface area contributed by atoms with E-state index >= 15 is 0 Å². The number of hydrogen-bond donors (Lipinski definition) is 1. The Kier molecular flexibility index (Phi) is 6.44. The first-order valence-electron chi connectivity index (χ1n) is 7.96. The summed E-state index contributed by atoms with van der Waals surface area (Å²) in [7, 11) is -2.07. The molecule has 0 amide bonds. The van der Waals surface area contributed by atoms with Crippen LogP contribution in [-0.4, -0.2) is 50.2 Å². The first-order valence-corrected chi connectivity index (χ1v) is 10.9. The summed E-state index contributed by atoms with van der Waals surface area (Å²) < 4.78 is 17.1. The summed E-state index contributed by atoms with van der Waals surface area (Å²) in [6, 6.07) is 1.11. The highest BCUT2D eigenvalue weighted by Crippen LogP contribution is 2.37. The number of ether oxygens (including phenoxy) is 2. The highest BCUT2D eigenvalue weighted by Gasteiger charge is 2.47. The van der Waals surface area contributed by atoms with E-state index < -0.39 is 38.5 Å². The van der Waals surface area contributed by atoms with Crippen LogP contribution in [0.2, 0.25) is 18.1 Å². The first kappa shape index (κ1) is 20.9. The van der Waals surface area contributed by atoms with E-state index in [2.05, 4.69) is 43.9 Å². The summed E-state index contributed by atoms with van der Waals surface area (Å²) in [5.74, 6) is -0.979. The Morgan fingerprint density at radius 1 is 1.42 bits per heavy atom. The van der Waals surface area contributed by atoms with Gasteiger partial charge in [-0.25, -0.2) is 0 Å². The summed E-state index contributed by atoms with van der Waals surface area (Å²) in [6.07, 6.45) is -3.03. The van der Waals surface area contributed by atoms with Crippen LogP contribution in [0, 0.1) is 11.3 Å². The first-order chi connectivity index (χ1) is 10.8. The van der Waals surface area contributed by atoms with Crippen LogP contribution in [0.3, 0.4) is 0 Å². The van der Waals surface area contributed by atoms with Gasteiger partial charge < -0.3 is 19.0 Å². The van der Waals surface area contributed by atoms with Crippen LogP contribution in [0.5, 0.6) is 0 Å². The summed E-state index contributed by atoms with van der Waals surface area (Å²) in [6.45, 7) is 13.8. The number of nitriles is 1. The SMILES string of the molecule is CC1(C)O[C@@H]([C@H](O)[C@@H](CO[Si](C)(C)C(C)(C)C)N=[N+]=[N-])[C@@H](C#N)O1. The van der Waals surface area contributed by atoms with Gasteiger partial charge in [0.2, 0.25) is 0 Å². The predicted octanol–water partition coefficient (Wildman–Crippen LogP) is 3.09. The van der Waals surface area contributed by atoms with Crippen LogP contribution in [0.25, 0.3) is 10.4 Å². The van der Waals surface area contributed by atoms with Gasteiger partial charge in [-0.15, -0.1) is 0 Å². The molecule has 1 heterocycles. The van der Waals surface area contributed by atoms with Gasteiger partial charge in [0.25, 0.3) is 0 Å². The molecule has 0 aromatic rings. The molecule has 8 nitrogen and oxygen atoms in total. The van der Waals surface area contributed by atoms with Crippen molar-refractivity contribution in [3.63, 3.8) is 0 Å². The van der Waals surface area contributed by atoms with Gasteiger partial charge in [-0.2, -0.15) is 5.26 Å². The molecule has 1 N–H and O–H groups in total. The van der Waals surface area contributed by atoms with Gasteiger partial charge in [0, 0.05) is 11.5 Å². The minimum atomic E-state index is -2.07. The van der Waals surface area contributed by atoms with E-state index in [0.717, 1.165) is 0 Å². The van der Waals surface area contributed by atoms with Crippen LogP contribution < -0.4 is 0 Å². The molecule has 136 valence electrons. The zero-order valence-corrected chi connectivity index (χ0v) is 16.5. The molecule has 24 heavy (non-hydrogen) atoms. The molecule has 0 unspecified atom stereocenters. The Balaban J connectivity index is 2.89. The van der Waals surface area contributed by atoms with Gasteiger partial charge in [-0.1, -0.05) is 25.9 Å². The molecule has 0 aromatic heterocycles. The van der Waals surface area contributed by atoms with Crippen molar-refractivity contribution in [1.82, 2.24) is 0 Å². The Bertz CT molecular complexity index is 535. The molecule has 0 bridgehead atoms. The minimum absolute atomic E-state index is 0.0109. The van der Waals surface area contributed by atoms with Crippen LogP contribution in [0.15, 0.2) is 5.11 Å². The number of aliphatic hydroxyl groups excluding tert-OH is 1. The quantitative estimate of drug-likeness (QED) is 0.339. The zero-order chi connectivity index (χ0) is 18.8. The minimum Gasteiger partial charge on any atom is -0.416 e. The maximum Gasteiger partial charge on any atom is 0.191 e. The summed E-state index contributed by atoms with van der Waals surface area (Å²) in [5.41, 5.74) is 8.81. The third-order valence-electron chi connectivity index (χ3n) is 4.61. The summed E-state index contributed by atoms with van der Waals surface area (Å²) in [5, 5.41) is 23.4. The second-order valence-electron chi connectivity index (χ2n) is 7.98. The second kappa shape index (κ2) is 7.40. The molecule has 0 radical (unpaired) electrons. The van der Waals surface area contributed by atoms with Crippen molar-refractivity contribution in [2.24, 2.45) is 5.11 Å². The van der Waals surface area contributed by atoms with Crippen molar-refractivity contribution in [3.05, 3.63) is 10.4 Å². The molecule has 1 aliphatic rings. The molecule has 0 aliphatic carbocycles. The lowest BCUT2D eigenvalue weighted by atomic mass is 10.0. The molecule has 0 spiro atoms.